The highest BCUT2D eigenvalue weighted by Crippen LogP contribution is 2.20. The Labute approximate surface area is 128 Å². The predicted molar refractivity (Wildman–Crippen MR) is 81.0 cm³/mol. The lowest BCUT2D eigenvalue weighted by molar-refractivity contribution is -0.138. The molecule has 1 N–H and O–H groups in total. The number of carbonyl (C=O) groups is 3. The van der Waals surface area contributed by atoms with Crippen LogP contribution in [0.3, 0.4) is 0 Å². The number of urea groups is 1. The molecule has 2 rings (SSSR count). The molecule has 1 aliphatic heterocycles. The summed E-state index contributed by atoms with van der Waals surface area (Å²) in [6.45, 7) is 4.32. The maximum Gasteiger partial charge on any atom is 0.333 e. The minimum absolute atomic E-state index is 0.0802. The van der Waals surface area contributed by atoms with Gasteiger partial charge < -0.3 is 10.1 Å². The third-order valence-electron chi connectivity index (χ3n) is 3.09. The van der Waals surface area contributed by atoms with Gasteiger partial charge in [-0.05, 0) is 24.5 Å². The molecule has 1 heterocycles. The van der Waals surface area contributed by atoms with Gasteiger partial charge in [0, 0.05) is 0 Å². The molecular weight excluding hydrogens is 284 g/mol. The number of hydrogen-bond donors (Lipinski definition) is 1. The molecule has 0 radical (unpaired) electrons. The van der Waals surface area contributed by atoms with E-state index in [4.69, 9.17) is 4.74 Å². The smallest absolute Gasteiger partial charge is 0.333 e. The number of para-hydroxylation sites is 1. The molecule has 1 aromatic rings. The first-order valence-electron chi connectivity index (χ1n) is 7.08. The van der Waals surface area contributed by atoms with Crippen LogP contribution in [-0.4, -0.2) is 24.5 Å². The Morgan fingerprint density at radius 1 is 1.27 bits per heavy atom. The molecule has 0 atom stereocenters. The molecule has 0 saturated carbocycles. The second-order valence-corrected chi connectivity index (χ2v) is 5.31. The predicted octanol–water partition coefficient (Wildman–Crippen LogP) is 2.22. The number of anilines is 1. The summed E-state index contributed by atoms with van der Waals surface area (Å²) in [5, 5.41) is 2.38. The van der Waals surface area contributed by atoms with Crippen molar-refractivity contribution in [2.75, 3.05) is 11.5 Å². The Hall–Kier alpha value is -2.63. The van der Waals surface area contributed by atoms with Crippen LogP contribution in [0.2, 0.25) is 0 Å². The van der Waals surface area contributed by atoms with Crippen molar-refractivity contribution in [2.24, 2.45) is 5.92 Å². The normalized spacial score (nSPS) is 16.3. The van der Waals surface area contributed by atoms with Crippen LogP contribution in [0.4, 0.5) is 10.5 Å². The number of carbonyl (C=O) groups excluding carboxylic acids is 3. The van der Waals surface area contributed by atoms with Crippen molar-refractivity contribution in [1.29, 1.82) is 0 Å². The maximum absolute atomic E-state index is 12.2. The van der Waals surface area contributed by atoms with Crippen LogP contribution in [0.25, 0.3) is 0 Å². The van der Waals surface area contributed by atoms with Crippen molar-refractivity contribution < 1.29 is 19.1 Å². The van der Waals surface area contributed by atoms with Gasteiger partial charge >= 0.3 is 12.0 Å². The van der Waals surface area contributed by atoms with Gasteiger partial charge in [0.2, 0.25) is 0 Å². The zero-order valence-corrected chi connectivity index (χ0v) is 12.5. The van der Waals surface area contributed by atoms with E-state index >= 15 is 0 Å². The topological polar surface area (TPSA) is 75.7 Å². The summed E-state index contributed by atoms with van der Waals surface area (Å²) in [6.07, 6.45) is 1.76. The van der Waals surface area contributed by atoms with Crippen molar-refractivity contribution >= 4 is 23.6 Å². The molecule has 0 aliphatic carbocycles. The van der Waals surface area contributed by atoms with E-state index in [1.165, 1.54) is 0 Å². The largest absolute Gasteiger partial charge is 0.462 e. The van der Waals surface area contributed by atoms with E-state index in [2.05, 4.69) is 5.32 Å². The number of benzene rings is 1. The summed E-state index contributed by atoms with van der Waals surface area (Å²) in [5.74, 6) is -0.793. The fourth-order valence-electron chi connectivity index (χ4n) is 1.90. The summed E-state index contributed by atoms with van der Waals surface area (Å²) in [7, 11) is 0. The minimum atomic E-state index is -0.640. The molecule has 6 heteroatoms. The molecule has 0 bridgehead atoms. The fraction of sp³-hybridized carbons (Fsp3) is 0.312. The van der Waals surface area contributed by atoms with Gasteiger partial charge in [0.15, 0.2) is 0 Å². The lowest BCUT2D eigenvalue weighted by Crippen LogP contribution is -2.30. The van der Waals surface area contributed by atoms with Crippen LogP contribution in [0, 0.1) is 5.92 Å². The van der Waals surface area contributed by atoms with Crippen LogP contribution >= 0.6 is 0 Å². The standard InChI is InChI=1S/C16H18N2O4/c1-11(2)8-9-22-14(19)10-13-15(20)18(16(21)17-13)12-6-4-3-5-7-12/h3-7,10-11H,8-9H2,1-2H3,(H,17,21)/b13-10-. The summed E-state index contributed by atoms with van der Waals surface area (Å²) < 4.78 is 5.00. The summed E-state index contributed by atoms with van der Waals surface area (Å²) in [5.41, 5.74) is 0.366. The number of imide groups is 1. The van der Waals surface area contributed by atoms with E-state index in [1.54, 1.807) is 30.3 Å². The number of nitrogens with zero attached hydrogens (tertiary/aromatic N) is 1. The van der Waals surface area contributed by atoms with Crippen molar-refractivity contribution in [1.82, 2.24) is 5.32 Å². The van der Waals surface area contributed by atoms with E-state index < -0.39 is 17.9 Å². The molecule has 6 nitrogen and oxygen atoms in total. The maximum atomic E-state index is 12.2. The number of rotatable bonds is 5. The molecule has 1 aromatic carbocycles. The first kappa shape index (κ1) is 15.8. The summed E-state index contributed by atoms with van der Waals surface area (Å²) in [4.78, 5) is 36.7. The van der Waals surface area contributed by atoms with Gasteiger partial charge in [0.25, 0.3) is 5.91 Å². The van der Waals surface area contributed by atoms with E-state index in [0.717, 1.165) is 17.4 Å². The third kappa shape index (κ3) is 3.72. The van der Waals surface area contributed by atoms with E-state index in [0.29, 0.717) is 11.6 Å². The Kier molecular flexibility index (Phi) is 4.93. The Morgan fingerprint density at radius 3 is 2.59 bits per heavy atom. The molecule has 1 saturated heterocycles. The second kappa shape index (κ2) is 6.89. The second-order valence-electron chi connectivity index (χ2n) is 5.31. The minimum Gasteiger partial charge on any atom is -0.462 e. The van der Waals surface area contributed by atoms with Crippen LogP contribution < -0.4 is 10.2 Å². The number of nitrogens with one attached hydrogen (secondary N) is 1. The van der Waals surface area contributed by atoms with Crippen LogP contribution in [-0.2, 0) is 14.3 Å². The molecule has 22 heavy (non-hydrogen) atoms. The fourth-order valence-corrected chi connectivity index (χ4v) is 1.90. The van der Waals surface area contributed by atoms with Crippen LogP contribution in [0.1, 0.15) is 20.3 Å². The number of ether oxygens (including phenoxy) is 1. The first-order valence-corrected chi connectivity index (χ1v) is 7.08. The summed E-state index contributed by atoms with van der Waals surface area (Å²) in [6, 6.07) is 7.92. The van der Waals surface area contributed by atoms with Crippen molar-refractivity contribution in [2.45, 2.75) is 20.3 Å². The van der Waals surface area contributed by atoms with Gasteiger partial charge in [0.1, 0.15) is 5.70 Å². The van der Waals surface area contributed by atoms with E-state index in [9.17, 15) is 14.4 Å². The zero-order chi connectivity index (χ0) is 16.1. The Bertz CT molecular complexity index is 608. The van der Waals surface area contributed by atoms with Crippen molar-refractivity contribution in [3.8, 4) is 0 Å². The molecule has 0 aromatic heterocycles. The zero-order valence-electron chi connectivity index (χ0n) is 12.5. The lowest BCUT2D eigenvalue weighted by atomic mass is 10.1. The van der Waals surface area contributed by atoms with Gasteiger partial charge in [-0.3, -0.25) is 4.79 Å². The van der Waals surface area contributed by atoms with Gasteiger partial charge in [-0.1, -0.05) is 32.0 Å². The molecule has 0 unspecified atom stereocenters. The summed E-state index contributed by atoms with van der Waals surface area (Å²) >= 11 is 0. The number of amides is 3. The molecular formula is C16H18N2O4. The average molecular weight is 302 g/mol. The highest BCUT2D eigenvalue weighted by molar-refractivity contribution is 6.27. The Balaban J connectivity index is 2.05. The van der Waals surface area contributed by atoms with Gasteiger partial charge in [-0.25, -0.2) is 14.5 Å². The average Bonchev–Trinajstić information content (AvgIpc) is 2.74. The van der Waals surface area contributed by atoms with Crippen LogP contribution in [0.5, 0.6) is 0 Å². The Morgan fingerprint density at radius 2 is 1.95 bits per heavy atom. The van der Waals surface area contributed by atoms with Crippen molar-refractivity contribution in [3.63, 3.8) is 0 Å². The first-order chi connectivity index (χ1) is 10.5. The lowest BCUT2D eigenvalue weighted by Gasteiger charge is -2.10. The van der Waals surface area contributed by atoms with Crippen LogP contribution in [0.15, 0.2) is 42.1 Å². The third-order valence-corrected chi connectivity index (χ3v) is 3.09. The monoisotopic (exact) mass is 302 g/mol. The van der Waals surface area contributed by atoms with Crippen molar-refractivity contribution in [3.05, 3.63) is 42.1 Å². The highest BCUT2D eigenvalue weighted by Gasteiger charge is 2.35. The molecule has 1 aliphatic rings. The molecule has 0 spiro atoms. The van der Waals surface area contributed by atoms with Gasteiger partial charge in [0.05, 0.1) is 18.4 Å². The molecule has 1 fully saturated rings. The number of esters is 1. The quantitative estimate of drug-likeness (QED) is 0.514. The SMILES string of the molecule is CC(C)CCOC(=O)/C=C1\NC(=O)N(c2ccccc2)C1=O. The highest BCUT2D eigenvalue weighted by atomic mass is 16.5. The van der Waals surface area contributed by atoms with Gasteiger partial charge in [-0.2, -0.15) is 0 Å². The number of hydrogen-bond acceptors (Lipinski definition) is 4. The van der Waals surface area contributed by atoms with E-state index in [-0.39, 0.29) is 12.3 Å². The van der Waals surface area contributed by atoms with Gasteiger partial charge in [-0.15, -0.1) is 0 Å². The molecule has 3 amide bonds. The molecule has 116 valence electrons. The van der Waals surface area contributed by atoms with E-state index in [1.807, 2.05) is 13.8 Å².